The largest absolute Gasteiger partial charge is 0.480 e. The third-order valence-corrected chi connectivity index (χ3v) is 2.02. The van der Waals surface area contributed by atoms with Gasteiger partial charge >= 0.3 is 12.0 Å². The average molecular weight is 242 g/mol. The van der Waals surface area contributed by atoms with Crippen LogP contribution in [0.5, 0.6) is 0 Å². The molecule has 0 aliphatic carbocycles. The van der Waals surface area contributed by atoms with Crippen molar-refractivity contribution in [2.75, 3.05) is 6.61 Å². The topological polar surface area (TPSA) is 127 Å². The van der Waals surface area contributed by atoms with E-state index in [1.165, 1.54) is 6.33 Å². The molecular weight excluding hydrogens is 228 g/mol. The van der Waals surface area contributed by atoms with Gasteiger partial charge in [0.25, 0.3) is 0 Å². The minimum Gasteiger partial charge on any atom is -0.480 e. The highest BCUT2D eigenvalue weighted by Crippen LogP contribution is 1.92. The first kappa shape index (κ1) is 13.0. The summed E-state index contributed by atoms with van der Waals surface area (Å²) in [5.41, 5.74) is 0.703. The van der Waals surface area contributed by atoms with E-state index in [0.29, 0.717) is 5.69 Å². The smallest absolute Gasteiger partial charge is 0.326 e. The van der Waals surface area contributed by atoms with Crippen molar-refractivity contribution >= 4 is 12.0 Å². The number of nitrogens with one attached hydrogen (secondary N) is 3. The number of H-pyrrole nitrogens is 1. The van der Waals surface area contributed by atoms with E-state index in [4.69, 9.17) is 10.2 Å². The summed E-state index contributed by atoms with van der Waals surface area (Å²) in [5.74, 6) is -1.18. The molecule has 5 N–H and O–H groups in total. The molecule has 1 heterocycles. The molecule has 1 atom stereocenters. The quantitative estimate of drug-likeness (QED) is 0.439. The zero-order valence-corrected chi connectivity index (χ0v) is 9.01. The minimum atomic E-state index is -1.18. The fourth-order valence-electron chi connectivity index (χ4n) is 1.15. The fraction of sp³-hybridized carbons (Fsp3) is 0.444. The molecule has 0 radical (unpaired) electrons. The molecule has 17 heavy (non-hydrogen) atoms. The van der Waals surface area contributed by atoms with E-state index in [-0.39, 0.29) is 19.6 Å². The van der Waals surface area contributed by atoms with Gasteiger partial charge in [0.2, 0.25) is 0 Å². The van der Waals surface area contributed by atoms with Gasteiger partial charge in [0.05, 0.1) is 18.6 Å². The SMILES string of the molecule is O=C(NCc1cnc[nH]1)N[C@H](CCO)C(=O)O. The maximum atomic E-state index is 11.3. The molecule has 0 spiro atoms. The number of nitrogens with zero attached hydrogens (tertiary/aromatic N) is 1. The molecule has 0 saturated heterocycles. The zero-order valence-electron chi connectivity index (χ0n) is 9.01. The summed E-state index contributed by atoms with van der Waals surface area (Å²) in [6.07, 6.45) is 2.98. The summed E-state index contributed by atoms with van der Waals surface area (Å²) in [7, 11) is 0. The van der Waals surface area contributed by atoms with E-state index in [0.717, 1.165) is 0 Å². The Morgan fingerprint density at radius 1 is 1.53 bits per heavy atom. The van der Waals surface area contributed by atoms with E-state index in [2.05, 4.69) is 20.6 Å². The molecule has 1 aromatic rings. The Kier molecular flexibility index (Phi) is 4.95. The lowest BCUT2D eigenvalue weighted by Gasteiger charge is -2.13. The van der Waals surface area contributed by atoms with Gasteiger partial charge < -0.3 is 25.8 Å². The lowest BCUT2D eigenvalue weighted by Crippen LogP contribution is -2.46. The van der Waals surface area contributed by atoms with Crippen molar-refractivity contribution in [2.45, 2.75) is 19.0 Å². The summed E-state index contributed by atoms with van der Waals surface area (Å²) in [5, 5.41) is 22.1. The number of amides is 2. The summed E-state index contributed by atoms with van der Waals surface area (Å²) in [4.78, 5) is 28.6. The number of hydrogen-bond acceptors (Lipinski definition) is 4. The van der Waals surface area contributed by atoms with Crippen LogP contribution in [-0.4, -0.2) is 44.8 Å². The van der Waals surface area contributed by atoms with Crippen LogP contribution in [-0.2, 0) is 11.3 Å². The number of rotatable bonds is 6. The molecule has 8 nitrogen and oxygen atoms in total. The van der Waals surface area contributed by atoms with Crippen molar-refractivity contribution in [1.29, 1.82) is 0 Å². The van der Waals surface area contributed by atoms with Crippen LogP contribution < -0.4 is 10.6 Å². The third-order valence-electron chi connectivity index (χ3n) is 2.02. The fourth-order valence-corrected chi connectivity index (χ4v) is 1.15. The molecule has 1 aromatic heterocycles. The van der Waals surface area contributed by atoms with Crippen molar-refractivity contribution in [3.63, 3.8) is 0 Å². The van der Waals surface area contributed by atoms with Gasteiger partial charge in [-0.25, -0.2) is 14.6 Å². The van der Waals surface area contributed by atoms with E-state index in [9.17, 15) is 9.59 Å². The van der Waals surface area contributed by atoms with Crippen molar-refractivity contribution < 1.29 is 19.8 Å². The number of aromatic amines is 1. The van der Waals surface area contributed by atoms with E-state index < -0.39 is 18.0 Å². The Morgan fingerprint density at radius 2 is 2.29 bits per heavy atom. The molecular formula is C9H14N4O4. The summed E-state index contributed by atoms with van der Waals surface area (Å²) < 4.78 is 0. The van der Waals surface area contributed by atoms with Gasteiger partial charge in [0.15, 0.2) is 0 Å². The van der Waals surface area contributed by atoms with E-state index >= 15 is 0 Å². The predicted molar refractivity (Wildman–Crippen MR) is 57.1 cm³/mol. The number of aliphatic hydroxyl groups is 1. The number of urea groups is 1. The molecule has 1 rings (SSSR count). The molecule has 0 saturated carbocycles. The Hall–Kier alpha value is -2.09. The standard InChI is InChI=1S/C9H14N4O4/c14-2-1-7(8(15)16)13-9(17)11-4-6-3-10-5-12-6/h3,5,7,14H,1-2,4H2,(H,10,12)(H,15,16)(H2,11,13,17)/t7-/m1/s1. The minimum absolute atomic E-state index is 0.0349. The highest BCUT2D eigenvalue weighted by atomic mass is 16.4. The highest BCUT2D eigenvalue weighted by Gasteiger charge is 2.18. The molecule has 0 bridgehead atoms. The molecule has 0 unspecified atom stereocenters. The number of carbonyl (C=O) groups excluding carboxylic acids is 1. The van der Waals surface area contributed by atoms with Gasteiger partial charge in [-0.1, -0.05) is 0 Å². The first-order valence-electron chi connectivity index (χ1n) is 4.98. The third kappa shape index (κ3) is 4.51. The van der Waals surface area contributed by atoms with Gasteiger partial charge in [0, 0.05) is 19.2 Å². The van der Waals surface area contributed by atoms with Crippen LogP contribution in [0.2, 0.25) is 0 Å². The molecule has 94 valence electrons. The first-order valence-corrected chi connectivity index (χ1v) is 4.98. The Labute approximate surface area is 97.1 Å². The second-order valence-corrected chi connectivity index (χ2v) is 3.31. The van der Waals surface area contributed by atoms with E-state index in [1.54, 1.807) is 6.20 Å². The maximum absolute atomic E-state index is 11.3. The van der Waals surface area contributed by atoms with Crippen molar-refractivity contribution in [3.8, 4) is 0 Å². The second-order valence-electron chi connectivity index (χ2n) is 3.31. The molecule has 0 aromatic carbocycles. The van der Waals surface area contributed by atoms with Gasteiger partial charge in [-0.15, -0.1) is 0 Å². The van der Waals surface area contributed by atoms with E-state index in [1.807, 2.05) is 0 Å². The maximum Gasteiger partial charge on any atom is 0.326 e. The molecule has 0 fully saturated rings. The molecule has 2 amide bonds. The van der Waals surface area contributed by atoms with Gasteiger partial charge in [-0.05, 0) is 0 Å². The normalized spacial score (nSPS) is 11.8. The number of hydrogen-bond donors (Lipinski definition) is 5. The van der Waals surface area contributed by atoms with Gasteiger partial charge in [0.1, 0.15) is 6.04 Å². The van der Waals surface area contributed by atoms with Gasteiger partial charge in [-0.2, -0.15) is 0 Å². The number of aromatic nitrogens is 2. The Bertz CT molecular complexity index is 365. The first-order chi connectivity index (χ1) is 8.13. The summed E-state index contributed by atoms with van der Waals surface area (Å²) >= 11 is 0. The lowest BCUT2D eigenvalue weighted by molar-refractivity contribution is -0.139. The summed E-state index contributed by atoms with van der Waals surface area (Å²) in [6.45, 7) is -0.0882. The molecule has 0 aliphatic rings. The van der Waals surface area contributed by atoms with Crippen LogP contribution in [0, 0.1) is 0 Å². The summed E-state index contributed by atoms with van der Waals surface area (Å²) in [6, 6.07) is -1.71. The van der Waals surface area contributed by atoms with Crippen LogP contribution in [0.15, 0.2) is 12.5 Å². The Morgan fingerprint density at radius 3 is 2.82 bits per heavy atom. The Balaban J connectivity index is 2.34. The monoisotopic (exact) mass is 242 g/mol. The van der Waals surface area contributed by atoms with Crippen molar-refractivity contribution in [3.05, 3.63) is 18.2 Å². The average Bonchev–Trinajstić information content (AvgIpc) is 2.78. The number of aliphatic hydroxyl groups excluding tert-OH is 1. The predicted octanol–water partition coefficient (Wildman–Crippen LogP) is -0.955. The number of imidazole rings is 1. The van der Waals surface area contributed by atoms with Crippen LogP contribution in [0.4, 0.5) is 4.79 Å². The van der Waals surface area contributed by atoms with Crippen LogP contribution in [0.1, 0.15) is 12.1 Å². The lowest BCUT2D eigenvalue weighted by atomic mass is 10.2. The molecule has 0 aliphatic heterocycles. The van der Waals surface area contributed by atoms with Crippen LogP contribution in [0.25, 0.3) is 0 Å². The van der Waals surface area contributed by atoms with Crippen molar-refractivity contribution in [1.82, 2.24) is 20.6 Å². The van der Waals surface area contributed by atoms with Crippen LogP contribution >= 0.6 is 0 Å². The number of aliphatic carboxylic acids is 1. The van der Waals surface area contributed by atoms with Crippen LogP contribution in [0.3, 0.4) is 0 Å². The highest BCUT2D eigenvalue weighted by molar-refractivity contribution is 5.82. The second kappa shape index (κ2) is 6.48. The van der Waals surface area contributed by atoms with Crippen molar-refractivity contribution in [2.24, 2.45) is 0 Å². The number of carbonyl (C=O) groups is 2. The molecule has 8 heteroatoms. The number of carboxylic acid groups (broad SMARTS) is 1. The number of carboxylic acids is 1. The van der Waals surface area contributed by atoms with Gasteiger partial charge in [-0.3, -0.25) is 0 Å². The zero-order chi connectivity index (χ0) is 12.7.